The van der Waals surface area contributed by atoms with Crippen molar-refractivity contribution in [3.63, 3.8) is 0 Å². The van der Waals surface area contributed by atoms with Gasteiger partial charge in [0, 0.05) is 31.8 Å². The second kappa shape index (κ2) is 11.5. The molecule has 0 aliphatic heterocycles. The minimum absolute atomic E-state index is 0.0379. The lowest BCUT2D eigenvalue weighted by atomic mass is 10.1. The third-order valence-corrected chi connectivity index (χ3v) is 6.28. The van der Waals surface area contributed by atoms with E-state index in [1.165, 1.54) is 38.4 Å². The van der Waals surface area contributed by atoms with Crippen molar-refractivity contribution in [3.8, 4) is 34.5 Å². The molecule has 5 rings (SSSR count). The van der Waals surface area contributed by atoms with Crippen molar-refractivity contribution < 1.29 is 32.2 Å². The Morgan fingerprint density at radius 3 is 2.46 bits per heavy atom. The summed E-state index contributed by atoms with van der Waals surface area (Å²) >= 11 is 0. The fraction of sp³-hybridized carbons (Fsp3) is 0.333. The Bertz CT molecular complexity index is 1550. The van der Waals surface area contributed by atoms with Gasteiger partial charge in [0.1, 0.15) is 36.6 Å². The molecule has 0 bridgehead atoms. The maximum Gasteiger partial charge on any atom is 0.434 e. The molecule has 1 aliphatic carbocycles. The Labute approximate surface area is 232 Å². The summed E-state index contributed by atoms with van der Waals surface area (Å²) in [4.78, 5) is 33.6. The predicted octanol–water partition coefficient (Wildman–Crippen LogP) is 4.40. The van der Waals surface area contributed by atoms with Crippen molar-refractivity contribution in [2.24, 2.45) is 7.05 Å². The molecule has 1 amide bonds. The van der Waals surface area contributed by atoms with E-state index in [1.54, 1.807) is 24.3 Å². The number of halogens is 3. The molecule has 4 aromatic rings. The fourth-order valence-electron chi connectivity index (χ4n) is 4.19. The van der Waals surface area contributed by atoms with Crippen LogP contribution in [0.1, 0.15) is 35.7 Å². The summed E-state index contributed by atoms with van der Waals surface area (Å²) < 4.78 is 56.9. The van der Waals surface area contributed by atoms with Crippen molar-refractivity contribution in [2.75, 3.05) is 26.1 Å². The van der Waals surface area contributed by atoms with Gasteiger partial charge >= 0.3 is 6.18 Å². The number of imidazole rings is 1. The van der Waals surface area contributed by atoms with Gasteiger partial charge in [0.25, 0.3) is 5.91 Å². The van der Waals surface area contributed by atoms with Gasteiger partial charge < -0.3 is 24.1 Å². The van der Waals surface area contributed by atoms with Gasteiger partial charge in [0.05, 0.1) is 19.0 Å². The largest absolute Gasteiger partial charge is 0.480 e. The van der Waals surface area contributed by atoms with E-state index in [-0.39, 0.29) is 42.3 Å². The standard InChI is InChI=1S/C27H26F3N7O4/c1-37-11-19(27(28,29)30)35-24(37)17-6-4-15(5-7-17)12-41-25-18(34-20(38)13-39-2)10-31-23(36-25)21-22(16-8-9-16)32-14-33-26(21)40-3/h4-7,10-11,14,16H,8-9,12-13H2,1-3H3,(H,34,38). The number of methoxy groups -OCH3 is 2. The Morgan fingerprint density at radius 1 is 1.07 bits per heavy atom. The molecule has 3 heterocycles. The first-order valence-corrected chi connectivity index (χ1v) is 12.6. The summed E-state index contributed by atoms with van der Waals surface area (Å²) in [7, 11) is 4.40. The van der Waals surface area contributed by atoms with Crippen LogP contribution in [0, 0.1) is 0 Å². The third kappa shape index (κ3) is 6.27. The Morgan fingerprint density at radius 2 is 1.83 bits per heavy atom. The number of nitrogens with one attached hydrogen (secondary N) is 1. The van der Waals surface area contributed by atoms with Crippen LogP contribution in [0.3, 0.4) is 0 Å². The Kier molecular flexibility index (Phi) is 7.83. The molecule has 1 aliphatic rings. The van der Waals surface area contributed by atoms with Crippen LogP contribution in [0.25, 0.3) is 22.8 Å². The van der Waals surface area contributed by atoms with Crippen molar-refractivity contribution >= 4 is 11.6 Å². The highest BCUT2D eigenvalue weighted by atomic mass is 19.4. The molecule has 214 valence electrons. The van der Waals surface area contributed by atoms with Crippen molar-refractivity contribution in [3.05, 3.63) is 59.9 Å². The number of aromatic nitrogens is 6. The van der Waals surface area contributed by atoms with Crippen LogP contribution >= 0.6 is 0 Å². The molecule has 11 nitrogen and oxygen atoms in total. The number of anilines is 1. The molecule has 0 atom stereocenters. The van der Waals surface area contributed by atoms with E-state index in [2.05, 4.69) is 30.2 Å². The molecule has 1 saturated carbocycles. The van der Waals surface area contributed by atoms with Crippen LogP contribution in [-0.4, -0.2) is 56.2 Å². The SMILES string of the molecule is COCC(=O)Nc1cnc(-c2c(OC)ncnc2C2CC2)nc1OCc1ccc(-c2nc(C(F)(F)F)cn2C)cc1. The van der Waals surface area contributed by atoms with Crippen molar-refractivity contribution in [2.45, 2.75) is 31.5 Å². The molecule has 3 aromatic heterocycles. The lowest BCUT2D eigenvalue weighted by molar-refractivity contribution is -0.140. The highest BCUT2D eigenvalue weighted by Gasteiger charge is 2.34. The number of carbonyl (C=O) groups excluding carboxylic acids is 1. The molecule has 0 saturated heterocycles. The maximum atomic E-state index is 13.1. The summed E-state index contributed by atoms with van der Waals surface area (Å²) in [6.45, 7) is -0.145. The number of hydrogen-bond donors (Lipinski definition) is 1. The monoisotopic (exact) mass is 569 g/mol. The van der Waals surface area contributed by atoms with E-state index in [0.29, 0.717) is 22.6 Å². The normalized spacial score (nSPS) is 13.2. The first kappa shape index (κ1) is 28.0. The van der Waals surface area contributed by atoms with Crippen LogP contribution in [0.15, 0.2) is 43.0 Å². The second-order valence-corrected chi connectivity index (χ2v) is 9.36. The van der Waals surface area contributed by atoms with Gasteiger partial charge in [-0.05, 0) is 18.4 Å². The van der Waals surface area contributed by atoms with Crippen LogP contribution < -0.4 is 14.8 Å². The molecule has 14 heteroatoms. The van der Waals surface area contributed by atoms with E-state index in [4.69, 9.17) is 14.2 Å². The number of alkyl halides is 3. The number of aryl methyl sites for hydroxylation is 1. The average molecular weight is 570 g/mol. The number of ether oxygens (including phenoxy) is 3. The first-order chi connectivity index (χ1) is 19.7. The van der Waals surface area contributed by atoms with Crippen LogP contribution in [0.4, 0.5) is 18.9 Å². The minimum Gasteiger partial charge on any atom is -0.480 e. The van der Waals surface area contributed by atoms with E-state index < -0.39 is 17.8 Å². The van der Waals surface area contributed by atoms with Crippen LogP contribution in [-0.2, 0) is 29.4 Å². The lowest BCUT2D eigenvalue weighted by Gasteiger charge is -2.15. The summed E-state index contributed by atoms with van der Waals surface area (Å²) in [5.74, 6) is 0.692. The molecule has 1 N–H and O–H groups in total. The molecule has 0 radical (unpaired) electrons. The second-order valence-electron chi connectivity index (χ2n) is 9.36. The van der Waals surface area contributed by atoms with Gasteiger partial charge in [-0.15, -0.1) is 0 Å². The van der Waals surface area contributed by atoms with Crippen molar-refractivity contribution in [1.82, 2.24) is 29.5 Å². The first-order valence-electron chi connectivity index (χ1n) is 12.6. The molecular formula is C27H26F3N7O4. The Hall–Kier alpha value is -4.59. The lowest BCUT2D eigenvalue weighted by Crippen LogP contribution is -2.18. The van der Waals surface area contributed by atoms with E-state index in [0.717, 1.165) is 24.7 Å². The topological polar surface area (TPSA) is 126 Å². The van der Waals surface area contributed by atoms with Gasteiger partial charge in [0.15, 0.2) is 11.5 Å². The quantitative estimate of drug-likeness (QED) is 0.296. The summed E-state index contributed by atoms with van der Waals surface area (Å²) in [5, 5.41) is 2.68. The zero-order valence-corrected chi connectivity index (χ0v) is 22.4. The van der Waals surface area contributed by atoms with Gasteiger partial charge in [-0.3, -0.25) is 4.79 Å². The number of benzene rings is 1. The number of rotatable bonds is 10. The number of hydrogen-bond acceptors (Lipinski definition) is 9. The summed E-state index contributed by atoms with van der Waals surface area (Å²) in [5.41, 5.74) is 1.80. The number of nitrogens with zero attached hydrogens (tertiary/aromatic N) is 6. The fourth-order valence-corrected chi connectivity index (χ4v) is 4.19. The van der Waals surface area contributed by atoms with Crippen LogP contribution in [0.2, 0.25) is 0 Å². The molecule has 1 fully saturated rings. The van der Waals surface area contributed by atoms with Crippen molar-refractivity contribution in [1.29, 1.82) is 0 Å². The third-order valence-electron chi connectivity index (χ3n) is 6.28. The van der Waals surface area contributed by atoms with Gasteiger partial charge in [0.2, 0.25) is 11.8 Å². The zero-order chi connectivity index (χ0) is 29.1. The smallest absolute Gasteiger partial charge is 0.434 e. The Balaban J connectivity index is 1.42. The van der Waals surface area contributed by atoms with Crippen LogP contribution in [0.5, 0.6) is 11.8 Å². The molecule has 0 unspecified atom stereocenters. The maximum absolute atomic E-state index is 13.1. The van der Waals surface area contributed by atoms with E-state index in [1.807, 2.05) is 0 Å². The van der Waals surface area contributed by atoms with E-state index in [9.17, 15) is 18.0 Å². The summed E-state index contributed by atoms with van der Waals surface area (Å²) in [6.07, 6.45) is 1.23. The minimum atomic E-state index is -4.54. The number of carbonyl (C=O) groups is 1. The molecule has 41 heavy (non-hydrogen) atoms. The van der Waals surface area contributed by atoms with E-state index >= 15 is 0 Å². The highest BCUT2D eigenvalue weighted by molar-refractivity contribution is 5.92. The average Bonchev–Trinajstić information content (AvgIpc) is 3.72. The molecule has 1 aromatic carbocycles. The molecule has 0 spiro atoms. The predicted molar refractivity (Wildman–Crippen MR) is 140 cm³/mol. The zero-order valence-electron chi connectivity index (χ0n) is 22.4. The van der Waals surface area contributed by atoms with Gasteiger partial charge in [-0.1, -0.05) is 24.3 Å². The highest BCUT2D eigenvalue weighted by Crippen LogP contribution is 2.45. The van der Waals surface area contributed by atoms with Gasteiger partial charge in [-0.25, -0.2) is 19.9 Å². The summed E-state index contributed by atoms with van der Waals surface area (Å²) in [6, 6.07) is 6.73. The number of amides is 1. The van der Waals surface area contributed by atoms with Gasteiger partial charge in [-0.2, -0.15) is 18.2 Å². The molecular weight excluding hydrogens is 543 g/mol.